The van der Waals surface area contributed by atoms with Crippen LogP contribution in [0.3, 0.4) is 0 Å². The average Bonchev–Trinajstić information content (AvgIpc) is 2.23. The maximum atomic E-state index is 13.6. The van der Waals surface area contributed by atoms with Crippen LogP contribution in [0, 0.1) is 15.9 Å². The molecule has 0 bridgehead atoms. The molecule has 0 saturated carbocycles. The molecule has 1 N–H and O–H groups in total. The van der Waals surface area contributed by atoms with Crippen molar-refractivity contribution >= 4 is 17.3 Å². The first-order chi connectivity index (χ1) is 8.64. The van der Waals surface area contributed by atoms with E-state index in [9.17, 15) is 19.3 Å². The van der Waals surface area contributed by atoms with E-state index in [4.69, 9.17) is 5.11 Å². The highest BCUT2D eigenvalue weighted by molar-refractivity contribution is 5.77. The van der Waals surface area contributed by atoms with Crippen molar-refractivity contribution in [3.63, 3.8) is 0 Å². The van der Waals surface area contributed by atoms with Crippen molar-refractivity contribution in [1.29, 1.82) is 0 Å². The lowest BCUT2D eigenvalue weighted by atomic mass is 10.0. The molecule has 0 radical (unpaired) electrons. The highest BCUT2D eigenvalue weighted by Gasteiger charge is 2.31. The van der Waals surface area contributed by atoms with Crippen LogP contribution in [-0.2, 0) is 4.79 Å². The number of carbonyl (C=O) groups is 1. The van der Waals surface area contributed by atoms with Crippen molar-refractivity contribution < 1.29 is 19.2 Å². The van der Waals surface area contributed by atoms with Crippen LogP contribution < -0.4 is 4.90 Å². The number of nitrogens with zero attached hydrogens (tertiary/aromatic N) is 2. The molecule has 1 aromatic carbocycles. The number of carboxylic acids is 1. The van der Waals surface area contributed by atoms with Crippen molar-refractivity contribution in [1.82, 2.24) is 0 Å². The molecule has 0 saturated heterocycles. The Kier molecular flexibility index (Phi) is 4.08. The Hall–Kier alpha value is -2.18. The molecule has 0 amide bonds. The van der Waals surface area contributed by atoms with Gasteiger partial charge < -0.3 is 10.0 Å². The van der Waals surface area contributed by atoms with Gasteiger partial charge in [0.1, 0.15) is 12.2 Å². The molecule has 0 heterocycles. The Morgan fingerprint density at radius 2 is 2.05 bits per heavy atom. The number of nitro groups is 1. The zero-order valence-electron chi connectivity index (χ0n) is 10.9. The summed E-state index contributed by atoms with van der Waals surface area (Å²) in [5.41, 5.74) is -1.45. The predicted octanol–water partition coefficient (Wildman–Crippen LogP) is 2.42. The van der Waals surface area contributed by atoms with Gasteiger partial charge in [-0.3, -0.25) is 14.9 Å². The number of hydrogen-bond donors (Lipinski definition) is 1. The van der Waals surface area contributed by atoms with Crippen LogP contribution in [0.5, 0.6) is 0 Å². The summed E-state index contributed by atoms with van der Waals surface area (Å²) in [6.45, 7) is 4.65. The lowest BCUT2D eigenvalue weighted by Gasteiger charge is -2.35. The lowest BCUT2D eigenvalue weighted by Crippen LogP contribution is -2.45. The van der Waals surface area contributed by atoms with Crippen LogP contribution in [0.2, 0.25) is 0 Å². The molecule has 0 fully saturated rings. The van der Waals surface area contributed by atoms with Crippen molar-refractivity contribution in [2.45, 2.75) is 26.3 Å². The third-order valence-electron chi connectivity index (χ3n) is 2.54. The van der Waals surface area contributed by atoms with E-state index in [1.807, 2.05) is 0 Å². The fourth-order valence-electron chi connectivity index (χ4n) is 1.72. The molecule has 0 unspecified atom stereocenters. The summed E-state index contributed by atoms with van der Waals surface area (Å²) >= 11 is 0. The average molecular weight is 270 g/mol. The van der Waals surface area contributed by atoms with Gasteiger partial charge in [-0.2, -0.15) is 4.39 Å². The van der Waals surface area contributed by atoms with Crippen LogP contribution >= 0.6 is 0 Å². The Balaban J connectivity index is 3.42. The number of para-hydroxylation sites is 1. The second kappa shape index (κ2) is 5.21. The van der Waals surface area contributed by atoms with Gasteiger partial charge in [-0.25, -0.2) is 0 Å². The van der Waals surface area contributed by atoms with Gasteiger partial charge in [0, 0.05) is 5.54 Å². The summed E-state index contributed by atoms with van der Waals surface area (Å²) in [5, 5.41) is 19.9. The van der Waals surface area contributed by atoms with Crippen LogP contribution in [0.1, 0.15) is 20.8 Å². The summed E-state index contributed by atoms with van der Waals surface area (Å²) in [5.74, 6) is -2.13. The van der Waals surface area contributed by atoms with Crippen molar-refractivity contribution in [2.75, 3.05) is 11.4 Å². The Labute approximate surface area is 109 Å². The monoisotopic (exact) mass is 270 g/mol. The van der Waals surface area contributed by atoms with Crippen LogP contribution in [-0.4, -0.2) is 28.1 Å². The minimum absolute atomic E-state index is 0.0418. The summed E-state index contributed by atoms with van der Waals surface area (Å²) < 4.78 is 13.6. The molecule has 0 aliphatic carbocycles. The molecular weight excluding hydrogens is 255 g/mol. The fourth-order valence-corrected chi connectivity index (χ4v) is 1.72. The second-order valence-electron chi connectivity index (χ2n) is 5.02. The third kappa shape index (κ3) is 3.40. The van der Waals surface area contributed by atoms with Crippen molar-refractivity contribution in [3.05, 3.63) is 34.1 Å². The summed E-state index contributed by atoms with van der Waals surface area (Å²) in [4.78, 5) is 22.3. The maximum Gasteiger partial charge on any atom is 0.327 e. The summed E-state index contributed by atoms with van der Waals surface area (Å²) in [6, 6.07) is 3.64. The first-order valence-electron chi connectivity index (χ1n) is 5.57. The van der Waals surface area contributed by atoms with Gasteiger partial charge in [0.15, 0.2) is 0 Å². The number of anilines is 1. The van der Waals surface area contributed by atoms with Gasteiger partial charge in [0.25, 0.3) is 0 Å². The first-order valence-corrected chi connectivity index (χ1v) is 5.57. The van der Waals surface area contributed by atoms with Crippen LogP contribution in [0.4, 0.5) is 15.8 Å². The van der Waals surface area contributed by atoms with Crippen molar-refractivity contribution in [2.24, 2.45) is 0 Å². The first kappa shape index (κ1) is 14.9. The molecule has 0 aliphatic heterocycles. The highest BCUT2D eigenvalue weighted by atomic mass is 19.1. The molecule has 104 valence electrons. The number of halogens is 1. The summed E-state index contributed by atoms with van der Waals surface area (Å²) in [6.07, 6.45) is 0. The van der Waals surface area contributed by atoms with Gasteiger partial charge >= 0.3 is 11.7 Å². The zero-order valence-corrected chi connectivity index (χ0v) is 10.9. The number of carboxylic acid groups (broad SMARTS) is 1. The Bertz CT molecular complexity index is 511. The van der Waals surface area contributed by atoms with E-state index in [1.54, 1.807) is 20.8 Å². The van der Waals surface area contributed by atoms with Crippen molar-refractivity contribution in [3.8, 4) is 0 Å². The molecule has 0 aromatic heterocycles. The Morgan fingerprint density at radius 1 is 1.47 bits per heavy atom. The van der Waals surface area contributed by atoms with Gasteiger partial charge in [-0.05, 0) is 32.9 Å². The highest BCUT2D eigenvalue weighted by Crippen LogP contribution is 2.34. The fraction of sp³-hybridized carbons (Fsp3) is 0.417. The van der Waals surface area contributed by atoms with Gasteiger partial charge in [-0.1, -0.05) is 6.07 Å². The predicted molar refractivity (Wildman–Crippen MR) is 67.8 cm³/mol. The van der Waals surface area contributed by atoms with E-state index >= 15 is 0 Å². The third-order valence-corrected chi connectivity index (χ3v) is 2.54. The number of benzene rings is 1. The Morgan fingerprint density at radius 3 is 2.47 bits per heavy atom. The van der Waals surface area contributed by atoms with Crippen LogP contribution in [0.25, 0.3) is 0 Å². The lowest BCUT2D eigenvalue weighted by molar-refractivity contribution is -0.386. The second-order valence-corrected chi connectivity index (χ2v) is 5.02. The van der Waals surface area contributed by atoms with E-state index in [2.05, 4.69) is 0 Å². The molecule has 1 aromatic rings. The molecule has 7 heteroatoms. The maximum absolute atomic E-state index is 13.6. The van der Waals surface area contributed by atoms with E-state index < -0.39 is 34.5 Å². The van der Waals surface area contributed by atoms with Crippen LogP contribution in [0.15, 0.2) is 18.2 Å². The molecule has 0 atom stereocenters. The quantitative estimate of drug-likeness (QED) is 0.671. The number of rotatable bonds is 4. The van der Waals surface area contributed by atoms with Gasteiger partial charge in [0.05, 0.1) is 4.92 Å². The zero-order chi connectivity index (χ0) is 14.8. The minimum atomic E-state index is -1.14. The number of aliphatic carboxylic acids is 1. The standard InChI is InChI=1S/C12H15FN2O4/c1-12(2,3)14(7-10(16)17)9-6-4-5-8(13)11(9)15(18)19/h4-6H,7H2,1-3H3,(H,16,17). The minimum Gasteiger partial charge on any atom is -0.480 e. The molecular formula is C12H15FN2O4. The van der Waals surface area contributed by atoms with Gasteiger partial charge in [0.2, 0.25) is 5.82 Å². The number of hydrogen-bond acceptors (Lipinski definition) is 4. The van der Waals surface area contributed by atoms with E-state index in [-0.39, 0.29) is 5.69 Å². The molecule has 6 nitrogen and oxygen atoms in total. The van der Waals surface area contributed by atoms with E-state index in [0.717, 1.165) is 6.07 Å². The molecule has 0 spiro atoms. The SMILES string of the molecule is CC(C)(C)N(CC(=O)O)c1cccc(F)c1[N+](=O)[O-]. The molecule has 19 heavy (non-hydrogen) atoms. The largest absolute Gasteiger partial charge is 0.480 e. The van der Waals surface area contributed by atoms with E-state index in [0.29, 0.717) is 0 Å². The smallest absolute Gasteiger partial charge is 0.327 e. The molecule has 0 aliphatic rings. The summed E-state index contributed by atoms with van der Waals surface area (Å²) in [7, 11) is 0. The van der Waals surface area contributed by atoms with Gasteiger partial charge in [-0.15, -0.1) is 0 Å². The topological polar surface area (TPSA) is 83.7 Å². The molecule has 1 rings (SSSR count). The number of nitro benzene ring substituents is 1. The van der Waals surface area contributed by atoms with E-state index in [1.165, 1.54) is 17.0 Å². The normalized spacial score (nSPS) is 11.2.